The van der Waals surface area contributed by atoms with E-state index < -0.39 is 74.6 Å². The summed E-state index contributed by atoms with van der Waals surface area (Å²) >= 11 is 0. The van der Waals surface area contributed by atoms with Crippen LogP contribution >= 0.6 is 0 Å². The predicted octanol–water partition coefficient (Wildman–Crippen LogP) is -1.40. The third-order valence-corrected chi connectivity index (χ3v) is 6.94. The number of carbonyl (C=O) groups excluding carboxylic acids is 1. The first-order valence-corrected chi connectivity index (χ1v) is 13.0. The summed E-state index contributed by atoms with van der Waals surface area (Å²) in [6.07, 6.45) is -6.42. The molecule has 0 bridgehead atoms. The van der Waals surface area contributed by atoms with E-state index in [9.17, 15) is 40.5 Å². The van der Waals surface area contributed by atoms with Crippen LogP contribution in [0.5, 0.6) is 0 Å². The van der Waals surface area contributed by atoms with Gasteiger partial charge in [-0.15, -0.1) is 0 Å². The highest BCUT2D eigenvalue weighted by Crippen LogP contribution is 2.30. The van der Waals surface area contributed by atoms with Gasteiger partial charge in [-0.1, -0.05) is 51.9 Å². The van der Waals surface area contributed by atoms with Crippen molar-refractivity contribution in [3.8, 4) is 0 Å². The van der Waals surface area contributed by atoms with Crippen molar-refractivity contribution in [2.75, 3.05) is 19.8 Å². The number of aliphatic hydroxyl groups excluding tert-OH is 7. The molecule has 212 valence electrons. The molecule has 12 heteroatoms. The second kappa shape index (κ2) is 15.5. The summed E-state index contributed by atoms with van der Waals surface area (Å²) in [5, 5.41) is 71.0. The van der Waals surface area contributed by atoms with E-state index in [0.717, 1.165) is 19.3 Å². The van der Waals surface area contributed by atoms with Crippen molar-refractivity contribution in [3.05, 3.63) is 0 Å². The fraction of sp³-hybridized carbons (Fsp3) is 0.958. The van der Waals surface area contributed by atoms with Gasteiger partial charge in [-0.2, -0.15) is 0 Å². The first kappa shape index (κ1) is 31.3. The molecule has 2 aliphatic heterocycles. The molecular formula is C24H45NO11. The van der Waals surface area contributed by atoms with E-state index in [-0.39, 0.29) is 5.91 Å². The van der Waals surface area contributed by atoms with Crippen LogP contribution in [-0.4, -0.2) is 128 Å². The molecule has 12 nitrogen and oxygen atoms in total. The van der Waals surface area contributed by atoms with Gasteiger partial charge in [0, 0.05) is 13.5 Å². The van der Waals surface area contributed by atoms with Gasteiger partial charge in [0.05, 0.1) is 13.2 Å². The zero-order chi connectivity index (χ0) is 26.8. The number of aliphatic hydroxyl groups is 7. The normalized spacial score (nSPS) is 37.1. The number of ether oxygens (including phenoxy) is 3. The Kier molecular flexibility index (Phi) is 13.4. The number of hydrogen-bond acceptors (Lipinski definition) is 11. The second-order valence-electron chi connectivity index (χ2n) is 9.71. The summed E-state index contributed by atoms with van der Waals surface area (Å²) in [6.45, 7) is 2.48. The summed E-state index contributed by atoms with van der Waals surface area (Å²) in [6, 6.07) is 0. The van der Waals surface area contributed by atoms with E-state index in [1.807, 2.05) is 0 Å². The molecule has 1 amide bonds. The first-order chi connectivity index (χ1) is 17.2. The van der Waals surface area contributed by atoms with Crippen LogP contribution in [0.1, 0.15) is 65.2 Å². The Bertz CT molecular complexity index is 637. The molecule has 0 aromatic rings. The lowest BCUT2D eigenvalue weighted by atomic mass is 9.96. The van der Waals surface area contributed by atoms with Gasteiger partial charge in [0.2, 0.25) is 5.91 Å². The van der Waals surface area contributed by atoms with Crippen LogP contribution in [0.2, 0.25) is 0 Å². The zero-order valence-electron chi connectivity index (χ0n) is 21.3. The van der Waals surface area contributed by atoms with Crippen molar-refractivity contribution in [2.24, 2.45) is 0 Å². The van der Waals surface area contributed by atoms with E-state index in [2.05, 4.69) is 6.92 Å². The lowest BCUT2D eigenvalue weighted by Crippen LogP contribution is -2.67. The Morgan fingerprint density at radius 3 is 1.89 bits per heavy atom. The first-order valence-electron chi connectivity index (χ1n) is 13.0. The average Bonchev–Trinajstić information content (AvgIpc) is 2.86. The Hall–Kier alpha value is -0.930. The highest BCUT2D eigenvalue weighted by Gasteiger charge is 2.51. The molecule has 2 rings (SSSR count). The van der Waals surface area contributed by atoms with Crippen LogP contribution in [0.4, 0.5) is 0 Å². The van der Waals surface area contributed by atoms with Gasteiger partial charge in [0.15, 0.2) is 12.5 Å². The smallest absolute Gasteiger partial charge is 0.221 e. The fourth-order valence-corrected chi connectivity index (χ4v) is 4.71. The predicted molar refractivity (Wildman–Crippen MR) is 126 cm³/mol. The zero-order valence-corrected chi connectivity index (χ0v) is 21.3. The molecule has 0 saturated carbocycles. The van der Waals surface area contributed by atoms with Gasteiger partial charge in [0.1, 0.15) is 48.8 Å². The summed E-state index contributed by atoms with van der Waals surface area (Å²) in [5.41, 5.74) is 0. The molecule has 7 N–H and O–H groups in total. The number of hydrogen-bond donors (Lipinski definition) is 7. The average molecular weight is 524 g/mol. The quantitative estimate of drug-likeness (QED) is 0.133. The molecule has 0 aliphatic carbocycles. The summed E-state index contributed by atoms with van der Waals surface area (Å²) in [5.74, 6) is -0.362. The van der Waals surface area contributed by atoms with Crippen molar-refractivity contribution in [1.82, 2.24) is 4.90 Å². The number of rotatable bonds is 14. The molecule has 36 heavy (non-hydrogen) atoms. The highest BCUT2D eigenvalue weighted by atomic mass is 16.7. The minimum Gasteiger partial charge on any atom is -0.394 e. The van der Waals surface area contributed by atoms with Crippen molar-refractivity contribution >= 4 is 5.91 Å². The van der Waals surface area contributed by atoms with Crippen LogP contribution in [0, 0.1) is 0 Å². The third kappa shape index (κ3) is 8.03. The maximum Gasteiger partial charge on any atom is 0.221 e. The van der Waals surface area contributed by atoms with Crippen LogP contribution < -0.4 is 0 Å². The molecule has 2 heterocycles. The standard InChI is InChI=1S/C24H45NO11/c1-3-4-5-6-7-8-9-10-11-25(14(2)28)23-20(32)19(31)22(16(13-27)34-23)36-24-21(33)18(30)17(29)15(12-26)35-24/h15-24,26-27,29-33H,3-13H2,1-2H3/t15-,16-,17+,18+,19-,20-,21-,22-,23?,24+/m1/s1. The fourth-order valence-electron chi connectivity index (χ4n) is 4.71. The molecule has 2 saturated heterocycles. The third-order valence-electron chi connectivity index (χ3n) is 6.94. The maximum absolute atomic E-state index is 12.3. The minimum absolute atomic E-state index is 0.301. The Morgan fingerprint density at radius 1 is 0.750 bits per heavy atom. The molecule has 0 radical (unpaired) electrons. The van der Waals surface area contributed by atoms with E-state index in [4.69, 9.17) is 14.2 Å². The van der Waals surface area contributed by atoms with Crippen LogP contribution in [0.15, 0.2) is 0 Å². The number of carbonyl (C=O) groups is 1. The van der Waals surface area contributed by atoms with Crippen molar-refractivity contribution in [3.63, 3.8) is 0 Å². The minimum atomic E-state index is -1.74. The molecule has 10 atom stereocenters. The molecule has 2 aliphatic rings. The molecule has 2 fully saturated rings. The Balaban J connectivity index is 1.99. The van der Waals surface area contributed by atoms with Gasteiger partial charge in [0.25, 0.3) is 0 Å². The second-order valence-corrected chi connectivity index (χ2v) is 9.71. The Labute approximate surface area is 212 Å². The summed E-state index contributed by atoms with van der Waals surface area (Å²) < 4.78 is 16.6. The molecule has 0 aromatic heterocycles. The van der Waals surface area contributed by atoms with Gasteiger partial charge in [-0.05, 0) is 6.42 Å². The van der Waals surface area contributed by atoms with E-state index in [1.165, 1.54) is 37.5 Å². The topological polar surface area (TPSA) is 190 Å². The van der Waals surface area contributed by atoms with Crippen LogP contribution in [0.25, 0.3) is 0 Å². The van der Waals surface area contributed by atoms with Crippen molar-refractivity contribution in [1.29, 1.82) is 0 Å². The molecule has 0 aromatic carbocycles. The molecular weight excluding hydrogens is 478 g/mol. The van der Waals surface area contributed by atoms with Crippen molar-refractivity contribution < 1.29 is 54.8 Å². The summed E-state index contributed by atoms with van der Waals surface area (Å²) in [4.78, 5) is 13.7. The lowest BCUT2D eigenvalue weighted by molar-refractivity contribution is -0.347. The van der Waals surface area contributed by atoms with Gasteiger partial charge in [-0.25, -0.2) is 0 Å². The van der Waals surface area contributed by atoms with Gasteiger partial charge >= 0.3 is 0 Å². The number of amides is 1. The monoisotopic (exact) mass is 523 g/mol. The van der Waals surface area contributed by atoms with Gasteiger partial charge in [-0.3, -0.25) is 4.79 Å². The van der Waals surface area contributed by atoms with E-state index >= 15 is 0 Å². The largest absolute Gasteiger partial charge is 0.394 e. The van der Waals surface area contributed by atoms with Crippen molar-refractivity contribution in [2.45, 2.75) is 127 Å². The molecule has 0 spiro atoms. The van der Waals surface area contributed by atoms with Gasteiger partial charge < -0.3 is 54.9 Å². The van der Waals surface area contributed by atoms with E-state index in [0.29, 0.717) is 13.0 Å². The maximum atomic E-state index is 12.3. The lowest BCUT2D eigenvalue weighted by Gasteiger charge is -2.48. The number of nitrogens with zero attached hydrogens (tertiary/aromatic N) is 1. The van der Waals surface area contributed by atoms with Crippen LogP contribution in [-0.2, 0) is 19.0 Å². The summed E-state index contributed by atoms with van der Waals surface area (Å²) in [7, 11) is 0. The highest BCUT2D eigenvalue weighted by molar-refractivity contribution is 5.73. The molecule has 1 unspecified atom stereocenters. The number of unbranched alkanes of at least 4 members (excludes halogenated alkanes) is 7. The van der Waals surface area contributed by atoms with E-state index in [1.54, 1.807) is 0 Å². The SMILES string of the molecule is CCCCCCCCCCN(C(C)=O)C1O[C@H](CO)[C@@H](O[C@@H]2O[C@H](CO)[C@H](O)[C@H](O)[C@H]2O)[C@H](O)[C@H]1O. The Morgan fingerprint density at radius 2 is 1.33 bits per heavy atom. The van der Waals surface area contributed by atoms with Crippen LogP contribution in [0.3, 0.4) is 0 Å².